The predicted octanol–water partition coefficient (Wildman–Crippen LogP) is 2.54. The minimum Gasteiger partial charge on any atom is -0.360 e. The maximum absolute atomic E-state index is 12.3. The van der Waals surface area contributed by atoms with Crippen LogP contribution in [-0.2, 0) is 17.8 Å². The minimum absolute atomic E-state index is 0.0152. The van der Waals surface area contributed by atoms with Gasteiger partial charge in [0.15, 0.2) is 0 Å². The Bertz CT molecular complexity index is 931. The lowest BCUT2D eigenvalue weighted by Gasteiger charge is -2.33. The van der Waals surface area contributed by atoms with E-state index in [2.05, 4.69) is 45.9 Å². The summed E-state index contributed by atoms with van der Waals surface area (Å²) in [5.74, 6) is -0.0152. The smallest absolute Gasteiger partial charge is 0.231 e. The standard InChI is InChI=1S/C23H26N4OS/c1-18-7-9-19(10-8-18)24-22(28)15-23-25-20(17-29-23)16-26-11-13-27(14-12-26)21-5-3-2-4-6-21/h2-10,17H,11-16H2,1H3,(H,24,28)/p+1. The van der Waals surface area contributed by atoms with Crippen molar-refractivity contribution >= 4 is 28.6 Å². The topological polar surface area (TPSA) is 49.7 Å². The Balaban J connectivity index is 1.25. The number of quaternary nitrogens is 1. The second kappa shape index (κ2) is 9.20. The minimum atomic E-state index is -0.0152. The first kappa shape index (κ1) is 19.6. The van der Waals surface area contributed by atoms with E-state index in [1.54, 1.807) is 16.2 Å². The van der Waals surface area contributed by atoms with Crippen LogP contribution in [-0.4, -0.2) is 37.1 Å². The largest absolute Gasteiger partial charge is 0.360 e. The average Bonchev–Trinajstić information content (AvgIpc) is 3.17. The number of thiazole rings is 1. The number of hydrogen-bond donors (Lipinski definition) is 2. The number of rotatable bonds is 6. The summed E-state index contributed by atoms with van der Waals surface area (Å²) in [6.45, 7) is 7.31. The van der Waals surface area contributed by atoms with E-state index in [9.17, 15) is 4.79 Å². The van der Waals surface area contributed by atoms with Gasteiger partial charge in [-0.05, 0) is 31.2 Å². The lowest BCUT2D eigenvalue weighted by molar-refractivity contribution is -0.914. The van der Waals surface area contributed by atoms with Gasteiger partial charge < -0.3 is 15.1 Å². The number of piperazine rings is 1. The van der Waals surface area contributed by atoms with Crippen LogP contribution < -0.4 is 15.1 Å². The van der Waals surface area contributed by atoms with Crippen molar-refractivity contribution in [2.75, 3.05) is 36.4 Å². The third-order valence-electron chi connectivity index (χ3n) is 5.27. The molecule has 0 unspecified atom stereocenters. The Labute approximate surface area is 176 Å². The lowest BCUT2D eigenvalue weighted by atomic mass is 10.2. The summed E-state index contributed by atoms with van der Waals surface area (Å²) in [5, 5.41) is 5.93. The van der Waals surface area contributed by atoms with Crippen molar-refractivity contribution < 1.29 is 9.69 Å². The van der Waals surface area contributed by atoms with Crippen LogP contribution in [0.5, 0.6) is 0 Å². The second-order valence-corrected chi connectivity index (χ2v) is 8.52. The number of aryl methyl sites for hydroxylation is 1. The maximum Gasteiger partial charge on any atom is 0.231 e. The molecule has 0 radical (unpaired) electrons. The summed E-state index contributed by atoms with van der Waals surface area (Å²) >= 11 is 1.58. The van der Waals surface area contributed by atoms with Gasteiger partial charge >= 0.3 is 0 Å². The van der Waals surface area contributed by atoms with Crippen LogP contribution in [0.15, 0.2) is 60.0 Å². The number of para-hydroxylation sites is 1. The van der Waals surface area contributed by atoms with Crippen LogP contribution in [0.4, 0.5) is 11.4 Å². The predicted molar refractivity (Wildman–Crippen MR) is 119 cm³/mol. The molecular weight excluding hydrogens is 380 g/mol. The fraction of sp³-hybridized carbons (Fsp3) is 0.304. The number of carbonyl (C=O) groups excluding carboxylic acids is 1. The van der Waals surface area contributed by atoms with E-state index < -0.39 is 0 Å². The maximum atomic E-state index is 12.3. The van der Waals surface area contributed by atoms with Crippen LogP contribution in [0.3, 0.4) is 0 Å². The van der Waals surface area contributed by atoms with Crippen molar-refractivity contribution in [3.8, 4) is 0 Å². The molecule has 150 valence electrons. The number of nitrogens with zero attached hydrogens (tertiary/aromatic N) is 2. The highest BCUT2D eigenvalue weighted by Gasteiger charge is 2.21. The average molecular weight is 408 g/mol. The van der Waals surface area contributed by atoms with E-state index in [1.165, 1.54) is 11.3 Å². The van der Waals surface area contributed by atoms with Gasteiger partial charge in [0.25, 0.3) is 0 Å². The van der Waals surface area contributed by atoms with Gasteiger partial charge in [0.2, 0.25) is 5.91 Å². The molecule has 2 N–H and O–H groups in total. The summed E-state index contributed by atoms with van der Waals surface area (Å²) < 4.78 is 0. The first-order chi connectivity index (χ1) is 14.2. The molecular formula is C23H27N4OS+. The first-order valence-corrected chi connectivity index (χ1v) is 11.0. The highest BCUT2D eigenvalue weighted by Crippen LogP contribution is 2.14. The molecule has 1 aromatic heterocycles. The van der Waals surface area contributed by atoms with Crippen molar-refractivity contribution in [2.45, 2.75) is 19.9 Å². The molecule has 0 saturated carbocycles. The summed E-state index contributed by atoms with van der Waals surface area (Å²) in [7, 11) is 0. The van der Waals surface area contributed by atoms with E-state index in [0.717, 1.165) is 49.1 Å². The second-order valence-electron chi connectivity index (χ2n) is 7.57. The molecule has 3 aromatic rings. The molecule has 1 amide bonds. The molecule has 2 aromatic carbocycles. The van der Waals surface area contributed by atoms with Gasteiger partial charge in [0.05, 0.1) is 32.6 Å². The number of anilines is 2. The Morgan fingerprint density at radius 2 is 1.83 bits per heavy atom. The fourth-order valence-corrected chi connectivity index (χ4v) is 4.44. The third-order valence-corrected chi connectivity index (χ3v) is 6.17. The van der Waals surface area contributed by atoms with Gasteiger partial charge in [-0.15, -0.1) is 11.3 Å². The number of aromatic nitrogens is 1. The third kappa shape index (κ3) is 5.43. The molecule has 2 heterocycles. The fourth-order valence-electron chi connectivity index (χ4n) is 3.64. The molecule has 0 atom stereocenters. The van der Waals surface area contributed by atoms with E-state index in [-0.39, 0.29) is 5.91 Å². The van der Waals surface area contributed by atoms with Crippen LogP contribution in [0.25, 0.3) is 0 Å². The number of amides is 1. The molecule has 1 saturated heterocycles. The van der Waals surface area contributed by atoms with Crippen LogP contribution in [0.1, 0.15) is 16.3 Å². The van der Waals surface area contributed by atoms with Gasteiger partial charge in [0, 0.05) is 16.8 Å². The molecule has 0 aliphatic carbocycles. The van der Waals surface area contributed by atoms with Crippen LogP contribution in [0, 0.1) is 6.92 Å². The van der Waals surface area contributed by atoms with Gasteiger partial charge in [-0.3, -0.25) is 4.79 Å². The molecule has 0 bridgehead atoms. The molecule has 1 aliphatic rings. The molecule has 6 heteroatoms. The molecule has 29 heavy (non-hydrogen) atoms. The van der Waals surface area contributed by atoms with Crippen molar-refractivity contribution in [2.24, 2.45) is 0 Å². The molecule has 5 nitrogen and oxygen atoms in total. The van der Waals surface area contributed by atoms with Crippen LogP contribution in [0.2, 0.25) is 0 Å². The Morgan fingerprint density at radius 1 is 1.10 bits per heavy atom. The van der Waals surface area contributed by atoms with Crippen molar-refractivity contribution in [1.29, 1.82) is 0 Å². The van der Waals surface area contributed by atoms with Gasteiger partial charge in [-0.1, -0.05) is 35.9 Å². The van der Waals surface area contributed by atoms with Crippen molar-refractivity contribution in [3.05, 3.63) is 76.2 Å². The van der Waals surface area contributed by atoms with Gasteiger partial charge in [0.1, 0.15) is 17.2 Å². The monoisotopic (exact) mass is 407 g/mol. The Morgan fingerprint density at radius 3 is 2.55 bits per heavy atom. The van der Waals surface area contributed by atoms with E-state index in [4.69, 9.17) is 4.98 Å². The Kier molecular flexibility index (Phi) is 6.22. The molecule has 1 fully saturated rings. The van der Waals surface area contributed by atoms with Crippen molar-refractivity contribution in [3.63, 3.8) is 0 Å². The summed E-state index contributed by atoms with van der Waals surface area (Å²) in [6.07, 6.45) is 0.329. The zero-order chi connectivity index (χ0) is 20.1. The van der Waals surface area contributed by atoms with Crippen molar-refractivity contribution in [1.82, 2.24) is 4.98 Å². The molecule has 1 aliphatic heterocycles. The SMILES string of the molecule is Cc1ccc(NC(=O)Cc2nc(C[NH+]3CCN(c4ccccc4)CC3)cs2)cc1. The molecule has 0 spiro atoms. The summed E-state index contributed by atoms with van der Waals surface area (Å²) in [5.41, 5.74) is 4.41. The Hall–Kier alpha value is -2.70. The quantitative estimate of drug-likeness (QED) is 0.660. The van der Waals surface area contributed by atoms with E-state index in [1.807, 2.05) is 31.2 Å². The summed E-state index contributed by atoms with van der Waals surface area (Å²) in [6, 6.07) is 18.5. The first-order valence-electron chi connectivity index (χ1n) is 10.1. The van der Waals surface area contributed by atoms with E-state index >= 15 is 0 Å². The van der Waals surface area contributed by atoms with E-state index in [0.29, 0.717) is 6.42 Å². The number of benzene rings is 2. The molecule has 4 rings (SSSR count). The van der Waals surface area contributed by atoms with Gasteiger partial charge in [-0.2, -0.15) is 0 Å². The van der Waals surface area contributed by atoms with Gasteiger partial charge in [-0.25, -0.2) is 4.98 Å². The lowest BCUT2D eigenvalue weighted by Crippen LogP contribution is -3.13. The number of hydrogen-bond acceptors (Lipinski definition) is 4. The summed E-state index contributed by atoms with van der Waals surface area (Å²) in [4.78, 5) is 21.0. The van der Waals surface area contributed by atoms with Crippen LogP contribution >= 0.6 is 11.3 Å². The normalized spacial score (nSPS) is 14.7. The highest BCUT2D eigenvalue weighted by atomic mass is 32.1. The number of nitrogens with one attached hydrogen (secondary N) is 2. The highest BCUT2D eigenvalue weighted by molar-refractivity contribution is 7.09. The number of carbonyl (C=O) groups is 1. The zero-order valence-corrected chi connectivity index (χ0v) is 17.5. The zero-order valence-electron chi connectivity index (χ0n) is 16.7.